The molecule has 0 saturated heterocycles. The third kappa shape index (κ3) is 4.53. The predicted octanol–water partition coefficient (Wildman–Crippen LogP) is 4.31. The first-order valence-electron chi connectivity index (χ1n) is 6.30. The van der Waals surface area contributed by atoms with Gasteiger partial charge < -0.3 is 4.74 Å². The Morgan fingerprint density at radius 2 is 2.06 bits per heavy atom. The molecular formula is C15H19ClO. The van der Waals surface area contributed by atoms with Gasteiger partial charge in [0.1, 0.15) is 0 Å². The Morgan fingerprint density at radius 3 is 2.82 bits per heavy atom. The van der Waals surface area contributed by atoms with Crippen LogP contribution >= 0.6 is 11.6 Å². The highest BCUT2D eigenvalue weighted by Crippen LogP contribution is 2.23. The topological polar surface area (TPSA) is 9.23 Å². The van der Waals surface area contributed by atoms with Gasteiger partial charge in [0.25, 0.3) is 0 Å². The van der Waals surface area contributed by atoms with E-state index in [1.54, 1.807) is 0 Å². The van der Waals surface area contributed by atoms with E-state index in [0.29, 0.717) is 6.61 Å². The summed E-state index contributed by atoms with van der Waals surface area (Å²) in [6.45, 7) is 1.50. The summed E-state index contributed by atoms with van der Waals surface area (Å²) < 4.78 is 5.67. The summed E-state index contributed by atoms with van der Waals surface area (Å²) >= 11 is 6.10. The van der Waals surface area contributed by atoms with Crippen molar-refractivity contribution in [3.8, 4) is 0 Å². The molecule has 1 aromatic carbocycles. The Balaban J connectivity index is 1.66. The van der Waals surface area contributed by atoms with E-state index in [0.717, 1.165) is 19.4 Å². The molecule has 0 amide bonds. The smallest absolute Gasteiger partial charge is 0.0717 e. The summed E-state index contributed by atoms with van der Waals surface area (Å²) in [5.74, 6) is 0. The first-order valence-corrected chi connectivity index (χ1v) is 6.73. The van der Waals surface area contributed by atoms with Gasteiger partial charge in [-0.1, -0.05) is 42.0 Å². The quantitative estimate of drug-likeness (QED) is 0.430. The molecule has 0 spiro atoms. The molecule has 0 radical (unpaired) electrons. The fourth-order valence-corrected chi connectivity index (χ4v) is 2.45. The van der Waals surface area contributed by atoms with Crippen molar-refractivity contribution in [3.63, 3.8) is 0 Å². The number of hydrogen-bond donors (Lipinski definition) is 0. The average Bonchev–Trinajstić information content (AvgIpc) is 2.36. The molecule has 1 atom stereocenters. The Bertz CT molecular complexity index is 358. The molecule has 1 nitrogen and oxygen atoms in total. The molecule has 0 aliphatic heterocycles. The van der Waals surface area contributed by atoms with Crippen molar-refractivity contribution in [2.24, 2.45) is 0 Å². The lowest BCUT2D eigenvalue weighted by Crippen LogP contribution is -2.05. The summed E-state index contributed by atoms with van der Waals surface area (Å²) in [5, 5.41) is 0.243. The van der Waals surface area contributed by atoms with Crippen molar-refractivity contribution < 1.29 is 4.74 Å². The fourth-order valence-electron chi connectivity index (χ4n) is 2.12. The second-order valence-corrected chi connectivity index (χ2v) is 5.08. The number of allylic oxidation sites excluding steroid dienone is 1. The Labute approximate surface area is 108 Å². The van der Waals surface area contributed by atoms with Gasteiger partial charge in [0.2, 0.25) is 0 Å². The SMILES string of the molecule is ClC1C=C(CCOCc2ccccc2)CCC1. The van der Waals surface area contributed by atoms with Gasteiger partial charge in [0.05, 0.1) is 18.6 Å². The molecule has 0 saturated carbocycles. The zero-order valence-corrected chi connectivity index (χ0v) is 10.8. The highest BCUT2D eigenvalue weighted by Gasteiger charge is 2.10. The van der Waals surface area contributed by atoms with Gasteiger partial charge in [0, 0.05) is 0 Å². The summed E-state index contributed by atoms with van der Waals surface area (Å²) in [4.78, 5) is 0. The Morgan fingerprint density at radius 1 is 1.24 bits per heavy atom. The van der Waals surface area contributed by atoms with Crippen molar-refractivity contribution in [2.75, 3.05) is 6.61 Å². The van der Waals surface area contributed by atoms with E-state index in [-0.39, 0.29) is 5.38 Å². The van der Waals surface area contributed by atoms with Gasteiger partial charge in [-0.2, -0.15) is 0 Å². The maximum absolute atomic E-state index is 6.10. The molecule has 0 fully saturated rings. The molecule has 1 aliphatic carbocycles. The second kappa shape index (κ2) is 6.83. The largest absolute Gasteiger partial charge is 0.376 e. The van der Waals surface area contributed by atoms with Crippen LogP contribution < -0.4 is 0 Å². The number of hydrogen-bond acceptors (Lipinski definition) is 1. The minimum atomic E-state index is 0.243. The van der Waals surface area contributed by atoms with Gasteiger partial charge in [-0.25, -0.2) is 0 Å². The summed E-state index contributed by atoms with van der Waals surface area (Å²) in [7, 11) is 0. The van der Waals surface area contributed by atoms with E-state index in [2.05, 4.69) is 18.2 Å². The first-order chi connectivity index (χ1) is 8.34. The van der Waals surface area contributed by atoms with Crippen LogP contribution in [0.15, 0.2) is 42.0 Å². The number of benzene rings is 1. The lowest BCUT2D eigenvalue weighted by molar-refractivity contribution is 0.123. The van der Waals surface area contributed by atoms with E-state index in [9.17, 15) is 0 Å². The normalized spacial score (nSPS) is 20.1. The van der Waals surface area contributed by atoms with Crippen LogP contribution in [0.25, 0.3) is 0 Å². The molecule has 0 aromatic heterocycles. The van der Waals surface area contributed by atoms with Crippen molar-refractivity contribution in [2.45, 2.75) is 37.7 Å². The minimum Gasteiger partial charge on any atom is -0.376 e. The molecule has 0 N–H and O–H groups in total. The number of rotatable bonds is 5. The van der Waals surface area contributed by atoms with E-state index < -0.39 is 0 Å². The highest BCUT2D eigenvalue weighted by atomic mass is 35.5. The fraction of sp³-hybridized carbons (Fsp3) is 0.467. The third-order valence-electron chi connectivity index (χ3n) is 3.07. The summed E-state index contributed by atoms with van der Waals surface area (Å²) in [6, 6.07) is 10.3. The number of halogens is 1. The van der Waals surface area contributed by atoms with E-state index in [1.165, 1.54) is 24.0 Å². The van der Waals surface area contributed by atoms with E-state index in [4.69, 9.17) is 16.3 Å². The van der Waals surface area contributed by atoms with Crippen molar-refractivity contribution in [3.05, 3.63) is 47.5 Å². The summed E-state index contributed by atoms with van der Waals surface area (Å²) in [6.07, 6.45) is 6.76. The molecule has 1 aliphatic rings. The van der Waals surface area contributed by atoms with Crippen LogP contribution in [-0.4, -0.2) is 12.0 Å². The molecule has 17 heavy (non-hydrogen) atoms. The van der Waals surface area contributed by atoms with Crippen molar-refractivity contribution in [1.29, 1.82) is 0 Å². The monoisotopic (exact) mass is 250 g/mol. The number of alkyl halides is 1. The van der Waals surface area contributed by atoms with Gasteiger partial charge in [0.15, 0.2) is 0 Å². The van der Waals surface area contributed by atoms with E-state index >= 15 is 0 Å². The maximum atomic E-state index is 6.10. The lowest BCUT2D eigenvalue weighted by atomic mass is 9.97. The van der Waals surface area contributed by atoms with Crippen LogP contribution in [-0.2, 0) is 11.3 Å². The zero-order chi connectivity index (χ0) is 11.9. The molecule has 0 heterocycles. The molecule has 2 heteroatoms. The Hall–Kier alpha value is -0.790. The molecule has 1 unspecified atom stereocenters. The Kier molecular flexibility index (Phi) is 5.08. The van der Waals surface area contributed by atoms with Gasteiger partial charge in [-0.3, -0.25) is 0 Å². The first kappa shape index (κ1) is 12.7. The van der Waals surface area contributed by atoms with E-state index in [1.807, 2.05) is 18.2 Å². The van der Waals surface area contributed by atoms with Gasteiger partial charge in [-0.15, -0.1) is 11.6 Å². The van der Waals surface area contributed by atoms with Crippen LogP contribution in [0.1, 0.15) is 31.2 Å². The molecule has 0 bridgehead atoms. The number of ether oxygens (including phenoxy) is 1. The van der Waals surface area contributed by atoms with Crippen LogP contribution in [0.5, 0.6) is 0 Å². The summed E-state index contributed by atoms with van der Waals surface area (Å²) in [5.41, 5.74) is 2.70. The maximum Gasteiger partial charge on any atom is 0.0717 e. The van der Waals surface area contributed by atoms with Crippen LogP contribution in [0, 0.1) is 0 Å². The van der Waals surface area contributed by atoms with Crippen LogP contribution in [0.3, 0.4) is 0 Å². The molecule has 1 aromatic rings. The third-order valence-corrected chi connectivity index (χ3v) is 3.42. The van der Waals surface area contributed by atoms with Crippen molar-refractivity contribution >= 4 is 11.6 Å². The van der Waals surface area contributed by atoms with Crippen LogP contribution in [0.4, 0.5) is 0 Å². The molecule has 2 rings (SSSR count). The standard InChI is InChI=1S/C15H19ClO/c16-15-8-4-7-13(11-15)9-10-17-12-14-5-2-1-3-6-14/h1-3,5-6,11,15H,4,7-10,12H2. The highest BCUT2D eigenvalue weighted by molar-refractivity contribution is 6.21. The van der Waals surface area contributed by atoms with Crippen molar-refractivity contribution in [1.82, 2.24) is 0 Å². The van der Waals surface area contributed by atoms with Crippen LogP contribution in [0.2, 0.25) is 0 Å². The predicted molar refractivity (Wildman–Crippen MR) is 72.3 cm³/mol. The van der Waals surface area contributed by atoms with Gasteiger partial charge in [-0.05, 0) is 31.2 Å². The average molecular weight is 251 g/mol. The van der Waals surface area contributed by atoms with Gasteiger partial charge >= 0.3 is 0 Å². The zero-order valence-electron chi connectivity index (χ0n) is 10.1. The molecular weight excluding hydrogens is 232 g/mol. The minimum absolute atomic E-state index is 0.243. The molecule has 92 valence electrons. The second-order valence-electron chi connectivity index (χ2n) is 4.52. The lowest BCUT2D eigenvalue weighted by Gasteiger charge is -2.16.